The Labute approximate surface area is 126 Å². The van der Waals surface area contributed by atoms with E-state index < -0.39 is 11.9 Å². The standard InChI is InChI=1S/C14H10BrF3N2O/c15-8-3-1-4-9(7-8)20-12-10(5-2-6-11(12)21)13(19-20)14(16,17)18/h1,3-4,7H,2,5-6H2. The first-order chi connectivity index (χ1) is 9.88. The second-order valence-corrected chi connectivity index (χ2v) is 5.76. The topological polar surface area (TPSA) is 34.9 Å². The average molecular weight is 359 g/mol. The van der Waals surface area contributed by atoms with E-state index >= 15 is 0 Å². The summed E-state index contributed by atoms with van der Waals surface area (Å²) in [5.41, 5.74) is -0.442. The summed E-state index contributed by atoms with van der Waals surface area (Å²) in [7, 11) is 0. The van der Waals surface area contributed by atoms with Crippen molar-refractivity contribution in [2.24, 2.45) is 0 Å². The zero-order chi connectivity index (χ0) is 15.2. The predicted molar refractivity (Wildman–Crippen MR) is 73.5 cm³/mol. The van der Waals surface area contributed by atoms with Gasteiger partial charge in [0.1, 0.15) is 5.69 Å². The third-order valence-electron chi connectivity index (χ3n) is 3.40. The lowest BCUT2D eigenvalue weighted by Crippen LogP contribution is -2.16. The van der Waals surface area contributed by atoms with Crippen molar-refractivity contribution < 1.29 is 18.0 Å². The Balaban J connectivity index is 2.26. The number of halogens is 4. The number of nitrogens with zero attached hydrogens (tertiary/aromatic N) is 2. The summed E-state index contributed by atoms with van der Waals surface area (Å²) in [6, 6.07) is 6.70. The molecule has 2 aromatic rings. The monoisotopic (exact) mass is 358 g/mol. The Kier molecular flexibility index (Phi) is 3.39. The minimum Gasteiger partial charge on any atom is -0.292 e. The average Bonchev–Trinajstić information content (AvgIpc) is 2.79. The maximum Gasteiger partial charge on any atom is 0.435 e. The molecule has 0 aliphatic heterocycles. The smallest absolute Gasteiger partial charge is 0.292 e. The molecule has 1 aliphatic carbocycles. The van der Waals surface area contributed by atoms with E-state index in [1.807, 2.05) is 0 Å². The van der Waals surface area contributed by atoms with Gasteiger partial charge in [-0.3, -0.25) is 4.79 Å². The SMILES string of the molecule is O=C1CCCc2c(C(F)(F)F)nn(-c3cccc(Br)c3)c21. The van der Waals surface area contributed by atoms with Gasteiger partial charge < -0.3 is 0 Å². The van der Waals surface area contributed by atoms with Gasteiger partial charge in [-0.25, -0.2) is 4.68 Å². The van der Waals surface area contributed by atoms with E-state index in [-0.39, 0.29) is 29.9 Å². The first kappa shape index (κ1) is 14.3. The zero-order valence-corrected chi connectivity index (χ0v) is 12.3. The van der Waals surface area contributed by atoms with Crippen molar-refractivity contribution in [3.63, 3.8) is 0 Å². The van der Waals surface area contributed by atoms with Crippen LogP contribution in [-0.4, -0.2) is 15.6 Å². The van der Waals surface area contributed by atoms with Gasteiger partial charge in [-0.1, -0.05) is 22.0 Å². The molecule has 0 radical (unpaired) electrons. The van der Waals surface area contributed by atoms with E-state index in [4.69, 9.17) is 0 Å². The van der Waals surface area contributed by atoms with Crippen LogP contribution in [0.5, 0.6) is 0 Å². The van der Waals surface area contributed by atoms with Crippen molar-refractivity contribution in [1.29, 1.82) is 0 Å². The zero-order valence-electron chi connectivity index (χ0n) is 10.7. The molecule has 0 spiro atoms. The lowest BCUT2D eigenvalue weighted by molar-refractivity contribution is -0.142. The molecule has 1 aromatic heterocycles. The minimum absolute atomic E-state index is 0.0127. The Morgan fingerprint density at radius 1 is 1.24 bits per heavy atom. The van der Waals surface area contributed by atoms with Gasteiger partial charge in [0.2, 0.25) is 0 Å². The molecule has 0 unspecified atom stereocenters. The minimum atomic E-state index is -4.56. The summed E-state index contributed by atoms with van der Waals surface area (Å²) in [6.07, 6.45) is -3.65. The second kappa shape index (κ2) is 4.98. The highest BCUT2D eigenvalue weighted by molar-refractivity contribution is 9.10. The molecular formula is C14H10BrF3N2O. The van der Waals surface area contributed by atoms with Crippen molar-refractivity contribution in [1.82, 2.24) is 9.78 Å². The molecule has 110 valence electrons. The van der Waals surface area contributed by atoms with E-state index in [1.54, 1.807) is 24.3 Å². The van der Waals surface area contributed by atoms with E-state index in [0.717, 1.165) is 4.68 Å². The fourth-order valence-corrected chi connectivity index (χ4v) is 2.93. The van der Waals surface area contributed by atoms with Crippen molar-refractivity contribution in [3.8, 4) is 5.69 Å². The number of alkyl halides is 3. The number of benzene rings is 1. The van der Waals surface area contributed by atoms with E-state index in [2.05, 4.69) is 21.0 Å². The molecule has 0 bridgehead atoms. The summed E-state index contributed by atoms with van der Waals surface area (Å²) >= 11 is 3.27. The van der Waals surface area contributed by atoms with Gasteiger partial charge in [0, 0.05) is 16.5 Å². The predicted octanol–water partition coefficient (Wildman–Crippen LogP) is 4.17. The summed E-state index contributed by atoms with van der Waals surface area (Å²) in [4.78, 5) is 12.1. The number of hydrogen-bond donors (Lipinski definition) is 0. The Morgan fingerprint density at radius 2 is 2.00 bits per heavy atom. The summed E-state index contributed by atoms with van der Waals surface area (Å²) in [6.45, 7) is 0. The third kappa shape index (κ3) is 2.50. The molecule has 0 fully saturated rings. The normalized spacial score (nSPS) is 15.1. The third-order valence-corrected chi connectivity index (χ3v) is 3.89. The van der Waals surface area contributed by atoms with Gasteiger partial charge in [-0.15, -0.1) is 0 Å². The number of fused-ring (bicyclic) bond motifs is 1. The molecule has 21 heavy (non-hydrogen) atoms. The molecule has 3 nitrogen and oxygen atoms in total. The molecule has 1 heterocycles. The molecular weight excluding hydrogens is 349 g/mol. The van der Waals surface area contributed by atoms with Gasteiger partial charge in [0.05, 0.1) is 5.69 Å². The van der Waals surface area contributed by atoms with Crippen LogP contribution in [0.15, 0.2) is 28.7 Å². The van der Waals surface area contributed by atoms with Gasteiger partial charge in [0.15, 0.2) is 11.5 Å². The summed E-state index contributed by atoms with van der Waals surface area (Å²) < 4.78 is 41.2. The maximum absolute atomic E-state index is 13.1. The van der Waals surface area contributed by atoms with Gasteiger partial charge >= 0.3 is 6.18 Å². The number of carbonyl (C=O) groups excluding carboxylic acids is 1. The van der Waals surface area contributed by atoms with E-state index in [1.165, 1.54) is 0 Å². The Morgan fingerprint density at radius 3 is 2.67 bits per heavy atom. The van der Waals surface area contributed by atoms with E-state index in [0.29, 0.717) is 16.6 Å². The molecule has 0 saturated heterocycles. The summed E-state index contributed by atoms with van der Waals surface area (Å²) in [5.74, 6) is -0.292. The Bertz CT molecular complexity index is 721. The fraction of sp³-hybridized carbons (Fsp3) is 0.286. The maximum atomic E-state index is 13.1. The highest BCUT2D eigenvalue weighted by Crippen LogP contribution is 2.36. The highest BCUT2D eigenvalue weighted by Gasteiger charge is 2.41. The molecule has 0 saturated carbocycles. The number of Topliss-reactive ketones (excluding diaryl/α,β-unsaturated/α-hetero) is 1. The number of carbonyl (C=O) groups is 1. The lowest BCUT2D eigenvalue weighted by atomic mass is 9.94. The largest absolute Gasteiger partial charge is 0.435 e. The van der Waals surface area contributed by atoms with Crippen LogP contribution in [0.2, 0.25) is 0 Å². The van der Waals surface area contributed by atoms with Crippen LogP contribution < -0.4 is 0 Å². The van der Waals surface area contributed by atoms with Gasteiger partial charge in [-0.05, 0) is 31.0 Å². The molecule has 3 rings (SSSR count). The molecule has 7 heteroatoms. The number of ketones is 1. The number of aromatic nitrogens is 2. The molecule has 1 aromatic carbocycles. The van der Waals surface area contributed by atoms with E-state index in [9.17, 15) is 18.0 Å². The lowest BCUT2D eigenvalue weighted by Gasteiger charge is -2.13. The van der Waals surface area contributed by atoms with Crippen molar-refractivity contribution in [2.45, 2.75) is 25.4 Å². The van der Waals surface area contributed by atoms with Crippen LogP contribution in [-0.2, 0) is 12.6 Å². The van der Waals surface area contributed by atoms with Crippen LogP contribution in [0.3, 0.4) is 0 Å². The van der Waals surface area contributed by atoms with Crippen molar-refractivity contribution in [3.05, 3.63) is 45.7 Å². The molecule has 0 amide bonds. The van der Waals surface area contributed by atoms with Gasteiger partial charge in [-0.2, -0.15) is 18.3 Å². The fourth-order valence-electron chi connectivity index (χ4n) is 2.54. The van der Waals surface area contributed by atoms with Crippen LogP contribution in [0.25, 0.3) is 5.69 Å². The Hall–Kier alpha value is -1.63. The van der Waals surface area contributed by atoms with Gasteiger partial charge in [0.25, 0.3) is 0 Å². The quantitative estimate of drug-likeness (QED) is 0.766. The van der Waals surface area contributed by atoms with Crippen LogP contribution in [0, 0.1) is 0 Å². The molecule has 1 aliphatic rings. The van der Waals surface area contributed by atoms with Crippen LogP contribution in [0.4, 0.5) is 13.2 Å². The molecule has 0 N–H and O–H groups in total. The summed E-state index contributed by atoms with van der Waals surface area (Å²) in [5, 5.41) is 3.67. The first-order valence-corrected chi connectivity index (χ1v) is 7.15. The molecule has 0 atom stereocenters. The number of rotatable bonds is 1. The highest BCUT2D eigenvalue weighted by atomic mass is 79.9. The van der Waals surface area contributed by atoms with Crippen LogP contribution in [0.1, 0.15) is 34.6 Å². The van der Waals surface area contributed by atoms with Crippen LogP contribution >= 0.6 is 15.9 Å². The first-order valence-electron chi connectivity index (χ1n) is 6.36. The second-order valence-electron chi connectivity index (χ2n) is 4.84. The van der Waals surface area contributed by atoms with Crippen molar-refractivity contribution >= 4 is 21.7 Å². The number of hydrogen-bond acceptors (Lipinski definition) is 2. The van der Waals surface area contributed by atoms with Crippen molar-refractivity contribution in [2.75, 3.05) is 0 Å².